The Bertz CT molecular complexity index is 374. The highest BCUT2D eigenvalue weighted by Gasteiger charge is 2.34. The van der Waals surface area contributed by atoms with Crippen LogP contribution >= 0.6 is 31.9 Å². The maximum atomic E-state index is 11.6. The molecule has 1 aromatic carbocycles. The third-order valence-electron chi connectivity index (χ3n) is 1.79. The summed E-state index contributed by atoms with van der Waals surface area (Å²) >= 11 is 5.88. The van der Waals surface area contributed by atoms with Crippen molar-refractivity contribution in [1.29, 1.82) is 0 Å². The molecule has 0 amide bonds. The summed E-state index contributed by atoms with van der Waals surface area (Å²) < 4.78 is -1.38. The van der Waals surface area contributed by atoms with E-state index in [2.05, 4.69) is 31.9 Å². The van der Waals surface area contributed by atoms with Crippen molar-refractivity contribution in [3.63, 3.8) is 0 Å². The van der Waals surface area contributed by atoms with Gasteiger partial charge in [-0.05, 0) is 0 Å². The molecule has 0 spiro atoms. The first kappa shape index (κ1) is 12.4. The number of Topliss-reactive ketones (excluding diaryl/α,β-unsaturated/α-hetero) is 1. The molecule has 5 heteroatoms. The lowest BCUT2D eigenvalue weighted by Crippen LogP contribution is -2.27. The van der Waals surface area contributed by atoms with Gasteiger partial charge in [-0.2, -0.15) is 0 Å². The van der Waals surface area contributed by atoms with Crippen molar-refractivity contribution < 1.29 is 14.7 Å². The van der Waals surface area contributed by atoms with Gasteiger partial charge in [0.1, 0.15) is 0 Å². The van der Waals surface area contributed by atoms with Crippen LogP contribution in [0.2, 0.25) is 0 Å². The molecule has 0 saturated carbocycles. The van der Waals surface area contributed by atoms with Gasteiger partial charge in [0.05, 0.1) is 0 Å². The molecular weight excluding hydrogens is 328 g/mol. The number of carbonyl (C=O) groups excluding carboxylic acids is 1. The van der Waals surface area contributed by atoms with Crippen LogP contribution < -0.4 is 0 Å². The number of hydrogen-bond donors (Lipinski definition) is 1. The van der Waals surface area contributed by atoms with Crippen LogP contribution in [0.25, 0.3) is 0 Å². The normalized spacial score (nSPS) is 11.1. The fraction of sp³-hybridized carbons (Fsp3) is 0.200. The third kappa shape index (κ3) is 3.43. The molecule has 0 aliphatic carbocycles. The second kappa shape index (κ2) is 4.90. The molecule has 1 aromatic rings. The van der Waals surface area contributed by atoms with Gasteiger partial charge >= 0.3 is 5.97 Å². The van der Waals surface area contributed by atoms with Crippen LogP contribution in [0.4, 0.5) is 0 Å². The van der Waals surface area contributed by atoms with E-state index in [4.69, 9.17) is 5.11 Å². The molecule has 0 aliphatic rings. The minimum Gasteiger partial charge on any atom is -0.480 e. The molecule has 0 bridgehead atoms. The molecule has 15 heavy (non-hydrogen) atoms. The molecule has 1 rings (SSSR count). The summed E-state index contributed by atoms with van der Waals surface area (Å²) in [4.78, 5) is 22.4. The number of carbonyl (C=O) groups is 2. The number of aliphatic carboxylic acids is 1. The molecule has 3 nitrogen and oxygen atoms in total. The SMILES string of the molecule is O=C(CC(Br)(Br)C(=O)O)c1ccccc1. The lowest BCUT2D eigenvalue weighted by molar-refractivity contribution is -0.136. The van der Waals surface area contributed by atoms with E-state index in [-0.39, 0.29) is 12.2 Å². The van der Waals surface area contributed by atoms with Gasteiger partial charge in [0.25, 0.3) is 0 Å². The predicted octanol–water partition coefficient (Wildman–Crippen LogP) is 2.83. The zero-order chi connectivity index (χ0) is 11.5. The third-order valence-corrected chi connectivity index (χ3v) is 3.03. The van der Waals surface area contributed by atoms with Gasteiger partial charge in [-0.25, -0.2) is 4.79 Å². The largest absolute Gasteiger partial charge is 0.480 e. The average Bonchev–Trinajstić information content (AvgIpc) is 2.18. The van der Waals surface area contributed by atoms with Gasteiger partial charge < -0.3 is 5.11 Å². The number of benzene rings is 1. The number of ketones is 1. The number of halogens is 2. The highest BCUT2D eigenvalue weighted by atomic mass is 79.9. The molecule has 0 aromatic heterocycles. The first-order chi connectivity index (χ1) is 6.93. The Morgan fingerprint density at radius 1 is 1.20 bits per heavy atom. The lowest BCUT2D eigenvalue weighted by atomic mass is 10.1. The number of carboxylic acids is 1. The molecule has 0 radical (unpaired) electrons. The minimum absolute atomic E-state index is 0.146. The molecule has 0 fully saturated rings. The maximum absolute atomic E-state index is 11.6. The van der Waals surface area contributed by atoms with Crippen molar-refractivity contribution >= 4 is 43.6 Å². The summed E-state index contributed by atoms with van der Waals surface area (Å²) in [5.74, 6) is -1.35. The Labute approximate surface area is 104 Å². The van der Waals surface area contributed by atoms with Crippen LogP contribution in [0.15, 0.2) is 30.3 Å². The maximum Gasteiger partial charge on any atom is 0.331 e. The Morgan fingerprint density at radius 2 is 1.73 bits per heavy atom. The van der Waals surface area contributed by atoms with Crippen LogP contribution in [0, 0.1) is 0 Å². The summed E-state index contributed by atoms with van der Waals surface area (Å²) in [6.45, 7) is 0. The number of alkyl halides is 2. The van der Waals surface area contributed by atoms with Crippen molar-refractivity contribution in [3.05, 3.63) is 35.9 Å². The zero-order valence-electron chi connectivity index (χ0n) is 7.61. The van der Waals surface area contributed by atoms with Gasteiger partial charge in [-0.3, -0.25) is 4.79 Å². The fourth-order valence-electron chi connectivity index (χ4n) is 1.00. The standard InChI is InChI=1S/C10H8Br2O3/c11-10(12,9(14)15)6-8(13)7-4-2-1-3-5-7/h1-5H,6H2,(H,14,15). The first-order valence-electron chi connectivity index (χ1n) is 4.13. The van der Waals surface area contributed by atoms with E-state index in [1.165, 1.54) is 0 Å². The molecule has 0 saturated heterocycles. The monoisotopic (exact) mass is 334 g/mol. The lowest BCUT2D eigenvalue weighted by Gasteiger charge is -2.13. The molecule has 0 heterocycles. The summed E-state index contributed by atoms with van der Waals surface area (Å²) in [6, 6.07) is 8.57. The number of hydrogen-bond acceptors (Lipinski definition) is 2. The van der Waals surface area contributed by atoms with Crippen LogP contribution in [0.1, 0.15) is 16.8 Å². The Kier molecular flexibility index (Phi) is 4.04. The average molecular weight is 336 g/mol. The predicted molar refractivity (Wildman–Crippen MR) is 63.6 cm³/mol. The van der Waals surface area contributed by atoms with E-state index in [0.717, 1.165) is 0 Å². The van der Waals surface area contributed by atoms with E-state index < -0.39 is 9.20 Å². The molecule has 80 valence electrons. The number of carboxylic acid groups (broad SMARTS) is 1. The summed E-state index contributed by atoms with van der Waals surface area (Å²) in [6.07, 6.45) is -0.146. The fourth-order valence-corrected chi connectivity index (χ4v) is 1.51. The zero-order valence-corrected chi connectivity index (χ0v) is 10.8. The van der Waals surface area contributed by atoms with Gasteiger partial charge in [0.2, 0.25) is 0 Å². The smallest absolute Gasteiger partial charge is 0.331 e. The minimum atomic E-state index is -1.38. The Hall–Kier alpha value is -0.680. The first-order valence-corrected chi connectivity index (χ1v) is 5.71. The highest BCUT2D eigenvalue weighted by Crippen LogP contribution is 2.31. The van der Waals surface area contributed by atoms with Gasteiger partial charge in [-0.15, -0.1) is 0 Å². The van der Waals surface area contributed by atoms with Crippen LogP contribution in [-0.4, -0.2) is 20.1 Å². The van der Waals surface area contributed by atoms with Crippen molar-refractivity contribution in [3.8, 4) is 0 Å². The second-order valence-electron chi connectivity index (χ2n) is 2.98. The van der Waals surface area contributed by atoms with Crippen molar-refractivity contribution in [2.45, 2.75) is 9.65 Å². The highest BCUT2D eigenvalue weighted by molar-refractivity contribution is 9.25. The molecular formula is C10H8Br2O3. The van der Waals surface area contributed by atoms with E-state index in [1.54, 1.807) is 30.3 Å². The van der Waals surface area contributed by atoms with E-state index in [9.17, 15) is 9.59 Å². The van der Waals surface area contributed by atoms with Gasteiger partial charge in [0, 0.05) is 12.0 Å². The van der Waals surface area contributed by atoms with Crippen LogP contribution in [0.5, 0.6) is 0 Å². The summed E-state index contributed by atoms with van der Waals surface area (Å²) in [5, 5.41) is 8.79. The van der Waals surface area contributed by atoms with Gasteiger partial charge in [-0.1, -0.05) is 62.2 Å². The Balaban J connectivity index is 2.77. The van der Waals surface area contributed by atoms with Crippen molar-refractivity contribution in [2.24, 2.45) is 0 Å². The van der Waals surface area contributed by atoms with E-state index in [1.807, 2.05) is 0 Å². The number of rotatable bonds is 4. The van der Waals surface area contributed by atoms with E-state index in [0.29, 0.717) is 5.56 Å². The van der Waals surface area contributed by atoms with E-state index >= 15 is 0 Å². The van der Waals surface area contributed by atoms with Crippen LogP contribution in [-0.2, 0) is 4.79 Å². The molecule has 0 atom stereocenters. The quantitative estimate of drug-likeness (QED) is 0.680. The van der Waals surface area contributed by atoms with Crippen molar-refractivity contribution in [1.82, 2.24) is 0 Å². The molecule has 0 unspecified atom stereocenters. The second-order valence-corrected chi connectivity index (χ2v) is 6.75. The summed E-state index contributed by atoms with van der Waals surface area (Å²) in [5.41, 5.74) is 0.502. The summed E-state index contributed by atoms with van der Waals surface area (Å²) in [7, 11) is 0. The Morgan fingerprint density at radius 3 is 2.20 bits per heavy atom. The molecule has 0 aliphatic heterocycles. The van der Waals surface area contributed by atoms with Gasteiger partial charge in [0.15, 0.2) is 9.02 Å². The van der Waals surface area contributed by atoms with Crippen LogP contribution in [0.3, 0.4) is 0 Å². The molecule has 1 N–H and O–H groups in total. The topological polar surface area (TPSA) is 54.4 Å². The van der Waals surface area contributed by atoms with Crippen molar-refractivity contribution in [2.75, 3.05) is 0 Å².